The molecule has 0 atom stereocenters. The average molecular weight is 492 g/mol. The molecular weight excluding hydrogens is 467 g/mol. The largest absolute Gasteiger partial charge is 0.351 e. The SMILES string of the molecule is O=C(CN1CCN(CC(=O)Nc2ccccc2I)CC1)NCc1ccccc1. The van der Waals surface area contributed by atoms with Crippen molar-refractivity contribution in [1.29, 1.82) is 0 Å². The summed E-state index contributed by atoms with van der Waals surface area (Å²) in [6.45, 7) is 4.46. The summed E-state index contributed by atoms with van der Waals surface area (Å²) in [4.78, 5) is 28.7. The number of amides is 2. The maximum atomic E-state index is 12.3. The second-order valence-electron chi connectivity index (χ2n) is 6.84. The highest BCUT2D eigenvalue weighted by molar-refractivity contribution is 14.1. The van der Waals surface area contributed by atoms with Gasteiger partial charge in [-0.05, 0) is 40.3 Å². The molecule has 0 aromatic heterocycles. The van der Waals surface area contributed by atoms with Gasteiger partial charge in [0.25, 0.3) is 0 Å². The van der Waals surface area contributed by atoms with Crippen LogP contribution in [-0.2, 0) is 16.1 Å². The van der Waals surface area contributed by atoms with Crippen molar-refractivity contribution in [2.75, 3.05) is 44.6 Å². The Balaban J connectivity index is 1.35. The molecule has 0 unspecified atom stereocenters. The first kappa shape index (κ1) is 20.8. The van der Waals surface area contributed by atoms with Crippen LogP contribution in [0.3, 0.4) is 0 Å². The standard InChI is InChI=1S/C21H25IN4O2/c22-18-8-4-5-9-19(18)24-21(28)16-26-12-10-25(11-13-26)15-20(27)23-14-17-6-2-1-3-7-17/h1-9H,10-16H2,(H,23,27)(H,24,28). The highest BCUT2D eigenvalue weighted by Crippen LogP contribution is 2.16. The third kappa shape index (κ3) is 6.57. The summed E-state index contributed by atoms with van der Waals surface area (Å²) in [6, 6.07) is 17.6. The van der Waals surface area contributed by atoms with Crippen molar-refractivity contribution in [3.63, 3.8) is 0 Å². The molecule has 0 radical (unpaired) electrons. The zero-order chi connectivity index (χ0) is 19.8. The summed E-state index contributed by atoms with van der Waals surface area (Å²) >= 11 is 2.22. The summed E-state index contributed by atoms with van der Waals surface area (Å²) in [5.74, 6) is 0.0341. The molecule has 1 heterocycles. The molecule has 0 spiro atoms. The van der Waals surface area contributed by atoms with Crippen molar-refractivity contribution in [3.05, 3.63) is 63.7 Å². The highest BCUT2D eigenvalue weighted by Gasteiger charge is 2.20. The van der Waals surface area contributed by atoms with Gasteiger partial charge in [-0.25, -0.2) is 0 Å². The number of benzene rings is 2. The molecule has 1 saturated heterocycles. The predicted molar refractivity (Wildman–Crippen MR) is 119 cm³/mol. The molecule has 1 fully saturated rings. The van der Waals surface area contributed by atoms with Crippen LogP contribution in [0.4, 0.5) is 5.69 Å². The molecule has 2 aromatic carbocycles. The van der Waals surface area contributed by atoms with E-state index in [1.165, 1.54) is 0 Å². The third-order valence-corrected chi connectivity index (χ3v) is 5.62. The first-order valence-corrected chi connectivity index (χ1v) is 10.5. The number of carbonyl (C=O) groups is 2. The Hall–Kier alpha value is -1.97. The van der Waals surface area contributed by atoms with E-state index in [0.29, 0.717) is 19.6 Å². The number of hydrogen-bond donors (Lipinski definition) is 2. The van der Waals surface area contributed by atoms with Gasteiger partial charge in [-0.1, -0.05) is 42.5 Å². The number of nitrogens with one attached hydrogen (secondary N) is 2. The highest BCUT2D eigenvalue weighted by atomic mass is 127. The number of piperazine rings is 1. The number of para-hydroxylation sites is 1. The lowest BCUT2D eigenvalue weighted by molar-refractivity contribution is -0.123. The fourth-order valence-electron chi connectivity index (χ4n) is 3.12. The van der Waals surface area contributed by atoms with E-state index in [2.05, 4.69) is 43.0 Å². The summed E-state index contributed by atoms with van der Waals surface area (Å²) in [7, 11) is 0. The lowest BCUT2D eigenvalue weighted by Gasteiger charge is -2.33. The van der Waals surface area contributed by atoms with Gasteiger partial charge in [0.05, 0.1) is 18.8 Å². The van der Waals surface area contributed by atoms with Crippen LogP contribution in [0.25, 0.3) is 0 Å². The van der Waals surface area contributed by atoms with E-state index in [1.54, 1.807) is 0 Å². The summed E-state index contributed by atoms with van der Waals surface area (Å²) < 4.78 is 1.03. The van der Waals surface area contributed by atoms with Gasteiger partial charge in [-0.2, -0.15) is 0 Å². The molecule has 2 aromatic rings. The Morgan fingerprint density at radius 1 is 0.821 bits per heavy atom. The molecule has 28 heavy (non-hydrogen) atoms. The van der Waals surface area contributed by atoms with Crippen LogP contribution in [0.5, 0.6) is 0 Å². The van der Waals surface area contributed by atoms with Crippen molar-refractivity contribution < 1.29 is 9.59 Å². The van der Waals surface area contributed by atoms with Gasteiger partial charge in [0.1, 0.15) is 0 Å². The van der Waals surface area contributed by atoms with Gasteiger partial charge in [-0.15, -0.1) is 0 Å². The average Bonchev–Trinajstić information content (AvgIpc) is 2.70. The molecular formula is C21H25IN4O2. The van der Waals surface area contributed by atoms with E-state index in [-0.39, 0.29) is 11.8 Å². The molecule has 148 valence electrons. The van der Waals surface area contributed by atoms with Crippen molar-refractivity contribution in [2.45, 2.75) is 6.54 Å². The van der Waals surface area contributed by atoms with E-state index < -0.39 is 0 Å². The molecule has 0 saturated carbocycles. The van der Waals surface area contributed by atoms with E-state index in [4.69, 9.17) is 0 Å². The Kier molecular flexibility index (Phi) is 7.81. The van der Waals surface area contributed by atoms with Crippen molar-refractivity contribution in [3.8, 4) is 0 Å². The van der Waals surface area contributed by atoms with Gasteiger partial charge >= 0.3 is 0 Å². The fourth-order valence-corrected chi connectivity index (χ4v) is 3.64. The van der Waals surface area contributed by atoms with Crippen LogP contribution in [0.2, 0.25) is 0 Å². The van der Waals surface area contributed by atoms with Crippen LogP contribution in [0.1, 0.15) is 5.56 Å². The maximum absolute atomic E-state index is 12.3. The van der Waals surface area contributed by atoms with Crippen molar-refractivity contribution in [2.24, 2.45) is 0 Å². The molecule has 7 heteroatoms. The van der Waals surface area contributed by atoms with Crippen molar-refractivity contribution >= 4 is 40.1 Å². The number of halogens is 1. The van der Waals surface area contributed by atoms with Gasteiger partial charge in [0.2, 0.25) is 11.8 Å². The third-order valence-electron chi connectivity index (χ3n) is 4.68. The predicted octanol–water partition coefficient (Wildman–Crippen LogP) is 2.16. The molecule has 1 aliphatic heterocycles. The zero-order valence-electron chi connectivity index (χ0n) is 15.7. The minimum atomic E-state index is -0.00169. The Labute approximate surface area is 179 Å². The fraction of sp³-hybridized carbons (Fsp3) is 0.333. The summed E-state index contributed by atoms with van der Waals surface area (Å²) in [5, 5.41) is 5.93. The van der Waals surface area contributed by atoms with Crippen LogP contribution in [0.15, 0.2) is 54.6 Å². The summed E-state index contributed by atoms with van der Waals surface area (Å²) in [6.07, 6.45) is 0. The van der Waals surface area contributed by atoms with Crippen LogP contribution < -0.4 is 10.6 Å². The topological polar surface area (TPSA) is 64.7 Å². The first-order chi connectivity index (χ1) is 13.6. The first-order valence-electron chi connectivity index (χ1n) is 9.40. The van der Waals surface area contributed by atoms with Crippen LogP contribution >= 0.6 is 22.6 Å². The minimum Gasteiger partial charge on any atom is -0.351 e. The molecule has 0 bridgehead atoms. The van der Waals surface area contributed by atoms with E-state index >= 15 is 0 Å². The minimum absolute atomic E-state index is 0.00169. The van der Waals surface area contributed by atoms with E-state index in [0.717, 1.165) is 41.0 Å². The van der Waals surface area contributed by atoms with Gasteiger partial charge in [-0.3, -0.25) is 19.4 Å². The normalized spacial score (nSPS) is 15.2. The molecule has 2 N–H and O–H groups in total. The van der Waals surface area contributed by atoms with Gasteiger partial charge in [0.15, 0.2) is 0 Å². The monoisotopic (exact) mass is 492 g/mol. The Morgan fingerprint density at radius 2 is 1.39 bits per heavy atom. The molecule has 3 rings (SSSR count). The molecule has 6 nitrogen and oxygen atoms in total. The lowest BCUT2D eigenvalue weighted by atomic mass is 10.2. The Morgan fingerprint density at radius 3 is 2.04 bits per heavy atom. The van der Waals surface area contributed by atoms with E-state index in [1.807, 2.05) is 54.6 Å². The van der Waals surface area contributed by atoms with Gasteiger partial charge < -0.3 is 10.6 Å². The second-order valence-corrected chi connectivity index (χ2v) is 8.00. The number of rotatable bonds is 7. The molecule has 0 aliphatic carbocycles. The number of carbonyl (C=O) groups excluding carboxylic acids is 2. The molecule has 1 aliphatic rings. The second kappa shape index (κ2) is 10.5. The summed E-state index contributed by atoms with van der Waals surface area (Å²) in [5.41, 5.74) is 1.95. The molecule has 2 amide bonds. The lowest BCUT2D eigenvalue weighted by Crippen LogP contribution is -2.50. The number of anilines is 1. The maximum Gasteiger partial charge on any atom is 0.238 e. The number of hydrogen-bond acceptors (Lipinski definition) is 4. The van der Waals surface area contributed by atoms with Crippen LogP contribution in [0, 0.1) is 3.57 Å². The number of nitrogens with zero attached hydrogens (tertiary/aromatic N) is 2. The van der Waals surface area contributed by atoms with Crippen molar-refractivity contribution in [1.82, 2.24) is 15.1 Å². The van der Waals surface area contributed by atoms with Gasteiger partial charge in [0, 0.05) is 36.3 Å². The zero-order valence-corrected chi connectivity index (χ0v) is 17.9. The quantitative estimate of drug-likeness (QED) is 0.582. The van der Waals surface area contributed by atoms with E-state index in [9.17, 15) is 9.59 Å². The van der Waals surface area contributed by atoms with Crippen LogP contribution in [-0.4, -0.2) is 60.9 Å². The Bertz CT molecular complexity index is 792. The smallest absolute Gasteiger partial charge is 0.238 e.